The molecule has 0 spiro atoms. The molecule has 1 heterocycles. The number of nitrogens with one attached hydrogen (secondary N) is 2. The molecule has 0 fully saturated rings. The first-order chi connectivity index (χ1) is 11.9. The molecule has 1 atom stereocenters. The van der Waals surface area contributed by atoms with Crippen LogP contribution in [0.1, 0.15) is 6.92 Å². The van der Waals surface area contributed by atoms with E-state index in [1.54, 1.807) is 31.2 Å². The lowest BCUT2D eigenvalue weighted by atomic mass is 10.3. The summed E-state index contributed by atoms with van der Waals surface area (Å²) in [5.41, 5.74) is 5.66. The molecule has 11 heteroatoms. The molecule has 0 saturated carbocycles. The van der Waals surface area contributed by atoms with Crippen molar-refractivity contribution in [3.63, 3.8) is 0 Å². The van der Waals surface area contributed by atoms with Crippen LogP contribution < -0.4 is 16.4 Å². The molecule has 8 nitrogen and oxygen atoms in total. The normalized spacial score (nSPS) is 11.6. The molecule has 1 unspecified atom stereocenters. The van der Waals surface area contributed by atoms with Crippen molar-refractivity contribution in [1.29, 1.82) is 0 Å². The van der Waals surface area contributed by atoms with Crippen LogP contribution in [-0.2, 0) is 9.59 Å². The first kappa shape index (κ1) is 19.2. The number of carbonyl (C=O) groups excluding carboxylic acids is 3. The van der Waals surface area contributed by atoms with Crippen LogP contribution in [0.15, 0.2) is 39.0 Å². The highest BCUT2D eigenvalue weighted by molar-refractivity contribution is 8.04. The minimum atomic E-state index is -0.599. The third-order valence-corrected chi connectivity index (χ3v) is 5.90. The molecule has 1 aromatic heterocycles. The van der Waals surface area contributed by atoms with Gasteiger partial charge in [0.15, 0.2) is 8.68 Å². The number of hydrogen-bond donors (Lipinski definition) is 3. The van der Waals surface area contributed by atoms with Crippen LogP contribution in [0.2, 0.25) is 0 Å². The van der Waals surface area contributed by atoms with E-state index in [2.05, 4.69) is 20.8 Å². The lowest BCUT2D eigenvalue weighted by Crippen LogP contribution is -2.38. The molecule has 0 bridgehead atoms. The van der Waals surface area contributed by atoms with Gasteiger partial charge in [-0.25, -0.2) is 4.79 Å². The van der Waals surface area contributed by atoms with Gasteiger partial charge in [-0.2, -0.15) is 0 Å². The second-order valence-electron chi connectivity index (χ2n) is 4.66. The van der Waals surface area contributed by atoms with E-state index in [-0.39, 0.29) is 5.75 Å². The Morgan fingerprint density at radius 1 is 1.20 bits per heavy atom. The van der Waals surface area contributed by atoms with Crippen molar-refractivity contribution in [2.24, 2.45) is 5.73 Å². The number of nitrogens with two attached hydrogens (primary N) is 1. The second kappa shape index (κ2) is 9.39. The lowest BCUT2D eigenvalue weighted by Gasteiger charge is -2.10. The first-order valence-electron chi connectivity index (χ1n) is 7.02. The predicted octanol–water partition coefficient (Wildman–Crippen LogP) is 1.94. The van der Waals surface area contributed by atoms with Gasteiger partial charge in [0.25, 0.3) is 0 Å². The summed E-state index contributed by atoms with van der Waals surface area (Å²) in [6, 6.07) is 8.21. The number of anilines is 1. The van der Waals surface area contributed by atoms with Gasteiger partial charge in [0.2, 0.25) is 11.8 Å². The molecule has 0 aliphatic heterocycles. The molecule has 2 aromatic rings. The van der Waals surface area contributed by atoms with Crippen molar-refractivity contribution < 1.29 is 14.4 Å². The molecule has 0 saturated heterocycles. The van der Waals surface area contributed by atoms with E-state index in [4.69, 9.17) is 5.73 Å². The van der Waals surface area contributed by atoms with E-state index in [0.717, 1.165) is 0 Å². The highest BCUT2D eigenvalue weighted by Gasteiger charge is 2.19. The Labute approximate surface area is 156 Å². The van der Waals surface area contributed by atoms with E-state index in [9.17, 15) is 14.4 Å². The topological polar surface area (TPSA) is 127 Å². The molecule has 0 aliphatic carbocycles. The highest BCUT2D eigenvalue weighted by atomic mass is 32.2. The summed E-state index contributed by atoms with van der Waals surface area (Å²) >= 11 is 3.62. The number of primary amides is 1. The minimum absolute atomic E-state index is 0.120. The lowest BCUT2D eigenvalue weighted by molar-refractivity contribution is -0.119. The fourth-order valence-electron chi connectivity index (χ4n) is 1.54. The number of carbonyl (C=O) groups is 3. The SMILES string of the molecule is CC(Sc1nnc(SCC(N)=O)s1)C(=O)NC(=O)Nc1ccccc1. The maximum absolute atomic E-state index is 12.1. The third-order valence-electron chi connectivity index (χ3n) is 2.64. The number of thioether (sulfide) groups is 2. The van der Waals surface area contributed by atoms with Gasteiger partial charge in [0, 0.05) is 5.69 Å². The van der Waals surface area contributed by atoms with Gasteiger partial charge in [-0.05, 0) is 19.1 Å². The van der Waals surface area contributed by atoms with E-state index in [1.807, 2.05) is 6.07 Å². The molecule has 2 rings (SSSR count). The number of urea groups is 1. The zero-order chi connectivity index (χ0) is 18.2. The number of para-hydroxylation sites is 1. The quantitative estimate of drug-likeness (QED) is 0.609. The number of benzene rings is 1. The van der Waals surface area contributed by atoms with E-state index in [0.29, 0.717) is 14.4 Å². The fourth-order valence-corrected chi connectivity index (χ4v) is 4.44. The maximum Gasteiger partial charge on any atom is 0.325 e. The van der Waals surface area contributed by atoms with Gasteiger partial charge < -0.3 is 11.1 Å². The molecular formula is C14H15N5O3S3. The third kappa shape index (κ3) is 6.72. The molecule has 0 aliphatic rings. The molecule has 132 valence electrons. The van der Waals surface area contributed by atoms with Crippen LogP contribution in [-0.4, -0.2) is 39.0 Å². The number of amides is 4. The van der Waals surface area contributed by atoms with Gasteiger partial charge in [-0.1, -0.05) is 53.1 Å². The average molecular weight is 398 g/mol. The van der Waals surface area contributed by atoms with Crippen molar-refractivity contribution in [3.05, 3.63) is 30.3 Å². The number of rotatable bonds is 7. The van der Waals surface area contributed by atoms with E-state index in [1.165, 1.54) is 34.9 Å². The van der Waals surface area contributed by atoms with Gasteiger partial charge in [0.05, 0.1) is 11.0 Å². The Balaban J connectivity index is 1.81. The van der Waals surface area contributed by atoms with E-state index < -0.39 is 23.1 Å². The highest BCUT2D eigenvalue weighted by Crippen LogP contribution is 2.31. The number of hydrogen-bond acceptors (Lipinski definition) is 8. The maximum atomic E-state index is 12.1. The predicted molar refractivity (Wildman–Crippen MR) is 98.7 cm³/mol. The summed E-state index contributed by atoms with van der Waals surface area (Å²) in [5.74, 6) is -0.763. The first-order valence-corrected chi connectivity index (χ1v) is 9.70. The monoisotopic (exact) mass is 397 g/mol. The summed E-state index contributed by atoms with van der Waals surface area (Å²) in [7, 11) is 0. The van der Waals surface area contributed by atoms with Crippen LogP contribution in [0, 0.1) is 0 Å². The Kier molecular flexibility index (Phi) is 7.22. The van der Waals surface area contributed by atoms with Crippen LogP contribution in [0.3, 0.4) is 0 Å². The van der Waals surface area contributed by atoms with Crippen LogP contribution in [0.5, 0.6) is 0 Å². The van der Waals surface area contributed by atoms with Crippen molar-refractivity contribution in [2.45, 2.75) is 20.9 Å². The molecule has 1 aromatic carbocycles. The molecule has 25 heavy (non-hydrogen) atoms. The van der Waals surface area contributed by atoms with Crippen molar-refractivity contribution in [3.8, 4) is 0 Å². The van der Waals surface area contributed by atoms with Gasteiger partial charge in [-0.15, -0.1) is 10.2 Å². The van der Waals surface area contributed by atoms with Gasteiger partial charge in [-0.3, -0.25) is 14.9 Å². The Morgan fingerprint density at radius 2 is 1.88 bits per heavy atom. The number of imide groups is 1. The summed E-state index contributed by atoms with van der Waals surface area (Å²) < 4.78 is 1.16. The van der Waals surface area contributed by atoms with Gasteiger partial charge in [0.1, 0.15) is 0 Å². The van der Waals surface area contributed by atoms with E-state index >= 15 is 0 Å². The summed E-state index contributed by atoms with van der Waals surface area (Å²) in [6.07, 6.45) is 0. The van der Waals surface area contributed by atoms with Crippen molar-refractivity contribution >= 4 is 58.4 Å². The smallest absolute Gasteiger partial charge is 0.325 e. The minimum Gasteiger partial charge on any atom is -0.369 e. The zero-order valence-electron chi connectivity index (χ0n) is 13.1. The second-order valence-corrected chi connectivity index (χ2v) is 8.45. The summed E-state index contributed by atoms with van der Waals surface area (Å²) in [5, 5.41) is 12.2. The Bertz CT molecular complexity index is 753. The van der Waals surface area contributed by atoms with Gasteiger partial charge >= 0.3 is 6.03 Å². The summed E-state index contributed by atoms with van der Waals surface area (Å²) in [6.45, 7) is 1.66. The van der Waals surface area contributed by atoms with Crippen LogP contribution in [0.4, 0.5) is 10.5 Å². The molecule has 0 radical (unpaired) electrons. The Morgan fingerprint density at radius 3 is 2.56 bits per heavy atom. The molecule has 4 N–H and O–H groups in total. The van der Waals surface area contributed by atoms with Crippen LogP contribution >= 0.6 is 34.9 Å². The van der Waals surface area contributed by atoms with Crippen LogP contribution in [0.25, 0.3) is 0 Å². The largest absolute Gasteiger partial charge is 0.369 e. The number of nitrogens with zero attached hydrogens (tertiary/aromatic N) is 2. The average Bonchev–Trinajstić information content (AvgIpc) is 3.01. The Hall–Kier alpha value is -2.11. The van der Waals surface area contributed by atoms with Crippen molar-refractivity contribution in [1.82, 2.24) is 15.5 Å². The molecule has 4 amide bonds. The van der Waals surface area contributed by atoms with Crippen molar-refractivity contribution in [2.75, 3.05) is 11.1 Å². The summed E-state index contributed by atoms with van der Waals surface area (Å²) in [4.78, 5) is 34.6. The molecular weight excluding hydrogens is 382 g/mol. The zero-order valence-corrected chi connectivity index (χ0v) is 15.5. The fraction of sp³-hybridized carbons (Fsp3) is 0.214. The number of aromatic nitrogens is 2. The standard InChI is InChI=1S/C14H15N5O3S3/c1-8(24-14-19-18-13(25-14)23-7-10(15)20)11(21)17-12(22)16-9-5-3-2-4-6-9/h2-6,8H,7H2,1H3,(H2,15,20)(H2,16,17,21,22).